The number of halogens is 1. The van der Waals surface area contributed by atoms with Crippen LogP contribution in [0, 0.1) is 13.8 Å². The monoisotopic (exact) mass is 546 g/mol. The molecule has 35 heavy (non-hydrogen) atoms. The van der Waals surface area contributed by atoms with Crippen molar-refractivity contribution < 1.29 is 9.47 Å². The van der Waals surface area contributed by atoms with E-state index in [9.17, 15) is 0 Å². The average Bonchev–Trinajstić information content (AvgIpc) is 3.55. The molecule has 1 N–H and O–H groups in total. The van der Waals surface area contributed by atoms with Crippen molar-refractivity contribution in [3.8, 4) is 17.2 Å². The van der Waals surface area contributed by atoms with Crippen molar-refractivity contribution in [1.29, 1.82) is 0 Å². The summed E-state index contributed by atoms with van der Waals surface area (Å²) in [5, 5.41) is 4.19. The number of nitrogens with one attached hydrogen (secondary N) is 1. The number of rotatable bonds is 4. The lowest BCUT2D eigenvalue weighted by Gasteiger charge is -2.28. The molecule has 176 valence electrons. The zero-order valence-corrected chi connectivity index (χ0v) is 21.6. The highest BCUT2D eigenvalue weighted by molar-refractivity contribution is 9.10. The minimum absolute atomic E-state index is 0.111. The van der Waals surface area contributed by atoms with Crippen LogP contribution < -0.4 is 19.7 Å². The summed E-state index contributed by atoms with van der Waals surface area (Å²) in [5.41, 5.74) is 6.46. The van der Waals surface area contributed by atoms with Gasteiger partial charge in [0.25, 0.3) is 0 Å². The van der Waals surface area contributed by atoms with Crippen LogP contribution >= 0.6 is 28.1 Å². The summed E-state index contributed by atoms with van der Waals surface area (Å²) in [4.78, 5) is 6.85. The van der Waals surface area contributed by atoms with Crippen molar-refractivity contribution in [1.82, 2.24) is 14.9 Å². The summed E-state index contributed by atoms with van der Waals surface area (Å²) >= 11 is 9.63. The second-order valence-corrected chi connectivity index (χ2v) is 9.89. The molecule has 0 radical (unpaired) electrons. The van der Waals surface area contributed by atoms with Crippen molar-refractivity contribution in [3.63, 3.8) is 0 Å². The van der Waals surface area contributed by atoms with Gasteiger partial charge in [0.05, 0.1) is 23.5 Å². The molecule has 0 amide bonds. The van der Waals surface area contributed by atoms with Crippen molar-refractivity contribution >= 4 is 38.9 Å². The van der Waals surface area contributed by atoms with Gasteiger partial charge in [0.1, 0.15) is 0 Å². The number of hydrogen-bond acceptors (Lipinski definition) is 4. The maximum absolute atomic E-state index is 5.90. The van der Waals surface area contributed by atoms with E-state index in [0.29, 0.717) is 5.11 Å². The molecule has 4 aromatic rings. The summed E-state index contributed by atoms with van der Waals surface area (Å²) in [6, 6.07) is 22.2. The Balaban J connectivity index is 1.52. The topological polar surface area (TPSA) is 51.6 Å². The maximum Gasteiger partial charge on any atom is 0.231 e. The molecule has 2 aromatic heterocycles. The molecular weight excluding hydrogens is 524 g/mol. The Kier molecular flexibility index (Phi) is 5.50. The van der Waals surface area contributed by atoms with Crippen LogP contribution in [0.15, 0.2) is 77.4 Å². The maximum atomic E-state index is 5.90. The van der Waals surface area contributed by atoms with Gasteiger partial charge in [-0.15, -0.1) is 0 Å². The number of fused-ring (bicyclic) bond motifs is 1. The molecular formula is C27H23BrN4O2S. The standard InChI is InChI=1S/C27H23BrN4O2S/c1-16-13-19(17(2)31(16)22-9-4-3-7-20(22)28)26-25(21-8-5-6-12-29-21)30-27(35)32(26)18-10-11-23-24(14-18)34-15-33-23/h3-14,25-26H,15H2,1-2H3,(H,30,35). The van der Waals surface area contributed by atoms with E-state index in [-0.39, 0.29) is 18.9 Å². The first-order chi connectivity index (χ1) is 17.0. The van der Waals surface area contributed by atoms with E-state index in [1.54, 1.807) is 0 Å². The number of thiocarbonyl (C=S) groups is 1. The van der Waals surface area contributed by atoms with E-state index in [2.05, 4.69) is 73.8 Å². The van der Waals surface area contributed by atoms with Gasteiger partial charge in [-0.2, -0.15) is 0 Å². The van der Waals surface area contributed by atoms with Gasteiger partial charge in [-0.1, -0.05) is 18.2 Å². The Labute approximate surface area is 217 Å². The molecule has 4 heterocycles. The second kappa shape index (κ2) is 8.70. The summed E-state index contributed by atoms with van der Waals surface area (Å²) < 4.78 is 14.5. The Hall–Kier alpha value is -3.36. The summed E-state index contributed by atoms with van der Waals surface area (Å²) in [6.07, 6.45) is 1.82. The van der Waals surface area contributed by atoms with E-state index < -0.39 is 0 Å². The number of aromatic nitrogens is 2. The highest BCUT2D eigenvalue weighted by Crippen LogP contribution is 2.46. The van der Waals surface area contributed by atoms with E-state index in [1.807, 2.05) is 48.7 Å². The van der Waals surface area contributed by atoms with Crippen LogP contribution in [-0.2, 0) is 0 Å². The Morgan fingerprint density at radius 2 is 1.80 bits per heavy atom. The minimum Gasteiger partial charge on any atom is -0.454 e. The van der Waals surface area contributed by atoms with Gasteiger partial charge in [-0.3, -0.25) is 4.98 Å². The fourth-order valence-electron chi connectivity index (χ4n) is 5.07. The highest BCUT2D eigenvalue weighted by Gasteiger charge is 2.42. The highest BCUT2D eigenvalue weighted by atomic mass is 79.9. The second-order valence-electron chi connectivity index (χ2n) is 8.65. The zero-order chi connectivity index (χ0) is 24.1. The van der Waals surface area contributed by atoms with Gasteiger partial charge in [0.2, 0.25) is 6.79 Å². The number of hydrogen-bond donors (Lipinski definition) is 1. The van der Waals surface area contributed by atoms with E-state index >= 15 is 0 Å². The first kappa shape index (κ1) is 22.1. The first-order valence-electron chi connectivity index (χ1n) is 11.4. The minimum atomic E-state index is -0.123. The number of para-hydroxylation sites is 1. The lowest BCUT2D eigenvalue weighted by Crippen LogP contribution is -2.29. The van der Waals surface area contributed by atoms with E-state index in [1.165, 1.54) is 5.56 Å². The zero-order valence-electron chi connectivity index (χ0n) is 19.2. The van der Waals surface area contributed by atoms with Crippen molar-refractivity contribution in [2.24, 2.45) is 0 Å². The Morgan fingerprint density at radius 1 is 1.00 bits per heavy atom. The normalized spacial score (nSPS) is 18.7. The molecule has 6 nitrogen and oxygen atoms in total. The predicted octanol–water partition coefficient (Wildman–Crippen LogP) is 6.16. The number of pyridine rings is 1. The predicted molar refractivity (Wildman–Crippen MR) is 143 cm³/mol. The summed E-state index contributed by atoms with van der Waals surface area (Å²) in [6.45, 7) is 4.53. The quantitative estimate of drug-likeness (QED) is 0.309. The van der Waals surface area contributed by atoms with Crippen LogP contribution in [0.3, 0.4) is 0 Å². The molecule has 2 aliphatic rings. The molecule has 1 saturated heterocycles. The van der Waals surface area contributed by atoms with Gasteiger partial charge in [-0.25, -0.2) is 0 Å². The van der Waals surface area contributed by atoms with Crippen LogP contribution in [-0.4, -0.2) is 21.5 Å². The van der Waals surface area contributed by atoms with Gasteiger partial charge in [0, 0.05) is 33.8 Å². The largest absolute Gasteiger partial charge is 0.454 e. The van der Waals surface area contributed by atoms with Gasteiger partial charge < -0.3 is 24.3 Å². The fraction of sp³-hybridized carbons (Fsp3) is 0.185. The molecule has 1 fully saturated rings. The summed E-state index contributed by atoms with van der Waals surface area (Å²) in [5.74, 6) is 1.47. The van der Waals surface area contributed by atoms with Crippen LogP contribution in [0.1, 0.15) is 34.7 Å². The van der Waals surface area contributed by atoms with Gasteiger partial charge in [0.15, 0.2) is 16.6 Å². The van der Waals surface area contributed by atoms with E-state index in [4.69, 9.17) is 21.7 Å². The molecule has 2 atom stereocenters. The summed E-state index contributed by atoms with van der Waals surface area (Å²) in [7, 11) is 0. The third-order valence-electron chi connectivity index (χ3n) is 6.61. The van der Waals surface area contributed by atoms with Crippen LogP contribution in [0.4, 0.5) is 5.69 Å². The number of ether oxygens (including phenoxy) is 2. The third-order valence-corrected chi connectivity index (χ3v) is 7.60. The van der Waals surface area contributed by atoms with Crippen molar-refractivity contribution in [3.05, 3.63) is 100 Å². The molecule has 8 heteroatoms. The molecule has 2 unspecified atom stereocenters. The lowest BCUT2D eigenvalue weighted by molar-refractivity contribution is 0.174. The average molecular weight is 547 g/mol. The van der Waals surface area contributed by atoms with Crippen LogP contribution in [0.2, 0.25) is 0 Å². The molecule has 0 spiro atoms. The molecule has 2 aliphatic heterocycles. The van der Waals surface area contributed by atoms with E-state index in [0.717, 1.165) is 44.4 Å². The molecule has 2 aromatic carbocycles. The smallest absolute Gasteiger partial charge is 0.231 e. The van der Waals surface area contributed by atoms with Gasteiger partial charge >= 0.3 is 0 Å². The molecule has 0 saturated carbocycles. The number of nitrogens with zero attached hydrogens (tertiary/aromatic N) is 3. The molecule has 0 aliphatic carbocycles. The Bertz CT molecular complexity index is 1440. The molecule has 6 rings (SSSR count). The van der Waals surface area contributed by atoms with Crippen molar-refractivity contribution in [2.75, 3.05) is 11.7 Å². The lowest BCUT2D eigenvalue weighted by atomic mass is 9.96. The van der Waals surface area contributed by atoms with Gasteiger partial charge in [-0.05, 0) is 90.0 Å². The SMILES string of the molecule is Cc1cc(C2C(c3ccccn3)NC(=S)N2c2ccc3c(c2)OCO3)c(C)n1-c1ccccc1Br. The molecule has 0 bridgehead atoms. The fourth-order valence-corrected chi connectivity index (χ4v) is 5.88. The Morgan fingerprint density at radius 3 is 2.60 bits per heavy atom. The van der Waals surface area contributed by atoms with Crippen molar-refractivity contribution in [2.45, 2.75) is 25.9 Å². The number of anilines is 1. The number of benzene rings is 2. The number of aryl methyl sites for hydroxylation is 1. The van der Waals surface area contributed by atoms with Crippen LogP contribution in [0.5, 0.6) is 11.5 Å². The van der Waals surface area contributed by atoms with Crippen LogP contribution in [0.25, 0.3) is 5.69 Å². The third kappa shape index (κ3) is 3.68. The first-order valence-corrected chi connectivity index (χ1v) is 12.6.